The molecule has 0 N–H and O–H groups in total. The van der Waals surface area contributed by atoms with Crippen LogP contribution in [-0.2, 0) is 0 Å². The van der Waals surface area contributed by atoms with E-state index in [1.165, 1.54) is 42.4 Å². The molecule has 106 valence electrons. The van der Waals surface area contributed by atoms with Crippen molar-refractivity contribution in [2.45, 2.75) is 44.4 Å². The van der Waals surface area contributed by atoms with Gasteiger partial charge in [-0.25, -0.2) is 0 Å². The van der Waals surface area contributed by atoms with Gasteiger partial charge < -0.3 is 0 Å². The fourth-order valence-electron chi connectivity index (χ4n) is 3.43. The minimum atomic E-state index is 0.666. The molecule has 0 spiro atoms. The average Bonchev–Trinajstić information content (AvgIpc) is 2.56. The molecule has 0 aromatic heterocycles. The highest BCUT2D eigenvalue weighted by molar-refractivity contribution is 5.33. The normalized spacial score (nSPS) is 21.7. The number of aryl methyl sites for hydroxylation is 1. The molecule has 1 aliphatic rings. The fourth-order valence-corrected chi connectivity index (χ4v) is 3.43. The summed E-state index contributed by atoms with van der Waals surface area (Å²) < 4.78 is 0. The minimum Gasteiger partial charge on any atom is -0.192 e. The summed E-state index contributed by atoms with van der Waals surface area (Å²) in [5.41, 5.74) is 4.99. The Kier molecular flexibility index (Phi) is 4.06. The molecule has 0 atom stereocenters. The van der Waals surface area contributed by atoms with Crippen LogP contribution in [0.5, 0.6) is 0 Å². The number of rotatable bonds is 2. The van der Waals surface area contributed by atoms with Crippen LogP contribution in [0, 0.1) is 18.3 Å². The summed E-state index contributed by atoms with van der Waals surface area (Å²) in [6, 6.07) is 19.4. The van der Waals surface area contributed by atoms with E-state index in [4.69, 9.17) is 5.26 Å². The largest absolute Gasteiger partial charge is 0.192 e. The first kappa shape index (κ1) is 13.9. The molecule has 0 unspecified atom stereocenters. The van der Waals surface area contributed by atoms with Gasteiger partial charge in [0, 0.05) is 0 Å². The molecule has 0 bridgehead atoms. The van der Waals surface area contributed by atoms with Crippen LogP contribution in [-0.4, -0.2) is 0 Å². The Morgan fingerprint density at radius 3 is 1.62 bits per heavy atom. The third kappa shape index (κ3) is 3.16. The number of hydrogen-bond donors (Lipinski definition) is 0. The maximum Gasteiger partial charge on any atom is 0.0991 e. The van der Waals surface area contributed by atoms with Gasteiger partial charge in [-0.1, -0.05) is 42.0 Å². The van der Waals surface area contributed by atoms with Crippen molar-refractivity contribution < 1.29 is 0 Å². The van der Waals surface area contributed by atoms with Gasteiger partial charge in [-0.2, -0.15) is 5.26 Å². The summed E-state index contributed by atoms with van der Waals surface area (Å²) in [6.07, 6.45) is 5.05. The summed E-state index contributed by atoms with van der Waals surface area (Å²) in [7, 11) is 0. The van der Waals surface area contributed by atoms with Crippen molar-refractivity contribution in [1.29, 1.82) is 5.26 Å². The lowest BCUT2D eigenvalue weighted by Crippen LogP contribution is -2.12. The first-order valence-electron chi connectivity index (χ1n) is 7.83. The summed E-state index contributed by atoms with van der Waals surface area (Å²) in [6.45, 7) is 2.14. The van der Waals surface area contributed by atoms with Gasteiger partial charge in [-0.05, 0) is 67.7 Å². The number of hydrogen-bond acceptors (Lipinski definition) is 1. The summed E-state index contributed by atoms with van der Waals surface area (Å²) in [5, 5.41) is 8.87. The van der Waals surface area contributed by atoms with Gasteiger partial charge in [0.1, 0.15) is 0 Å². The van der Waals surface area contributed by atoms with Gasteiger partial charge in [0.15, 0.2) is 0 Å². The van der Waals surface area contributed by atoms with Crippen molar-refractivity contribution in [1.82, 2.24) is 0 Å². The first-order valence-corrected chi connectivity index (χ1v) is 7.83. The third-order valence-electron chi connectivity index (χ3n) is 4.79. The Morgan fingerprint density at radius 2 is 1.19 bits per heavy atom. The molecule has 1 saturated carbocycles. The van der Waals surface area contributed by atoms with Crippen molar-refractivity contribution in [2.75, 3.05) is 0 Å². The zero-order valence-electron chi connectivity index (χ0n) is 12.5. The lowest BCUT2D eigenvalue weighted by Gasteiger charge is -2.29. The number of nitrogens with zero attached hydrogens (tertiary/aromatic N) is 1. The van der Waals surface area contributed by atoms with E-state index in [0.717, 1.165) is 11.5 Å². The van der Waals surface area contributed by atoms with Crippen LogP contribution in [0.15, 0.2) is 48.5 Å². The maximum atomic E-state index is 8.87. The van der Waals surface area contributed by atoms with Crippen molar-refractivity contribution in [3.05, 3.63) is 70.8 Å². The highest BCUT2D eigenvalue weighted by atomic mass is 14.3. The second-order valence-corrected chi connectivity index (χ2v) is 6.19. The Balaban J connectivity index is 1.64. The molecule has 2 aromatic carbocycles. The zero-order chi connectivity index (χ0) is 14.7. The molecular formula is C20H21N. The molecule has 1 heteroatoms. The van der Waals surface area contributed by atoms with E-state index < -0.39 is 0 Å². The van der Waals surface area contributed by atoms with E-state index >= 15 is 0 Å². The number of benzene rings is 2. The molecule has 0 saturated heterocycles. The van der Waals surface area contributed by atoms with Crippen LogP contribution >= 0.6 is 0 Å². The summed E-state index contributed by atoms with van der Waals surface area (Å²) in [4.78, 5) is 0. The second-order valence-electron chi connectivity index (χ2n) is 6.19. The molecule has 3 rings (SSSR count). The van der Waals surface area contributed by atoms with E-state index in [9.17, 15) is 0 Å². The molecular weight excluding hydrogens is 254 g/mol. The molecule has 0 heterocycles. The van der Waals surface area contributed by atoms with Gasteiger partial charge in [0.2, 0.25) is 0 Å². The van der Waals surface area contributed by atoms with Crippen molar-refractivity contribution in [3.63, 3.8) is 0 Å². The average molecular weight is 275 g/mol. The predicted molar refractivity (Wildman–Crippen MR) is 86.3 cm³/mol. The highest BCUT2D eigenvalue weighted by Gasteiger charge is 2.23. The van der Waals surface area contributed by atoms with Crippen LogP contribution in [0.25, 0.3) is 0 Å². The van der Waals surface area contributed by atoms with Crippen LogP contribution < -0.4 is 0 Å². The van der Waals surface area contributed by atoms with Crippen molar-refractivity contribution in [3.8, 4) is 6.07 Å². The maximum absolute atomic E-state index is 8.87. The number of nitriles is 1. The van der Waals surface area contributed by atoms with E-state index in [-0.39, 0.29) is 0 Å². The van der Waals surface area contributed by atoms with E-state index in [2.05, 4.69) is 49.4 Å². The van der Waals surface area contributed by atoms with E-state index in [1.54, 1.807) is 0 Å². The zero-order valence-corrected chi connectivity index (χ0v) is 12.5. The molecule has 1 nitrogen and oxygen atoms in total. The standard InChI is InChI=1S/C20H21N/c1-15-2-6-17(7-3-15)19-10-12-20(13-11-19)18-8-4-16(14-21)5-9-18/h2-9,19-20H,10-13H2,1H3. The van der Waals surface area contributed by atoms with Gasteiger partial charge in [-0.15, -0.1) is 0 Å². The Morgan fingerprint density at radius 1 is 0.762 bits per heavy atom. The molecule has 0 aliphatic heterocycles. The van der Waals surface area contributed by atoms with Gasteiger partial charge in [0.25, 0.3) is 0 Å². The van der Waals surface area contributed by atoms with Gasteiger partial charge in [-0.3, -0.25) is 0 Å². The van der Waals surface area contributed by atoms with Crippen molar-refractivity contribution in [2.24, 2.45) is 0 Å². The van der Waals surface area contributed by atoms with Crippen molar-refractivity contribution >= 4 is 0 Å². The Labute approximate surface area is 127 Å². The SMILES string of the molecule is Cc1ccc(C2CCC(c3ccc(C#N)cc3)CC2)cc1. The monoisotopic (exact) mass is 275 g/mol. The topological polar surface area (TPSA) is 23.8 Å². The lowest BCUT2D eigenvalue weighted by atomic mass is 9.76. The summed E-state index contributed by atoms with van der Waals surface area (Å²) >= 11 is 0. The first-order chi connectivity index (χ1) is 10.3. The van der Waals surface area contributed by atoms with Gasteiger partial charge >= 0.3 is 0 Å². The quantitative estimate of drug-likeness (QED) is 0.728. The van der Waals surface area contributed by atoms with Crippen LogP contribution in [0.1, 0.15) is 59.8 Å². The van der Waals surface area contributed by atoms with Crippen LogP contribution in [0.2, 0.25) is 0 Å². The minimum absolute atomic E-state index is 0.666. The fraction of sp³-hybridized carbons (Fsp3) is 0.350. The van der Waals surface area contributed by atoms with Crippen LogP contribution in [0.3, 0.4) is 0 Å². The highest BCUT2D eigenvalue weighted by Crippen LogP contribution is 2.40. The second kappa shape index (κ2) is 6.14. The molecule has 1 fully saturated rings. The summed E-state index contributed by atoms with van der Waals surface area (Å²) in [5.74, 6) is 1.39. The molecule has 2 aromatic rings. The Hall–Kier alpha value is -2.07. The van der Waals surface area contributed by atoms with Gasteiger partial charge in [0.05, 0.1) is 11.6 Å². The molecule has 1 aliphatic carbocycles. The van der Waals surface area contributed by atoms with E-state index in [0.29, 0.717) is 5.92 Å². The van der Waals surface area contributed by atoms with E-state index in [1.807, 2.05) is 12.1 Å². The predicted octanol–water partition coefficient (Wildman–Crippen LogP) is 5.31. The lowest BCUT2D eigenvalue weighted by molar-refractivity contribution is 0.396. The third-order valence-corrected chi connectivity index (χ3v) is 4.79. The van der Waals surface area contributed by atoms with Crippen LogP contribution in [0.4, 0.5) is 0 Å². The molecule has 21 heavy (non-hydrogen) atoms. The smallest absolute Gasteiger partial charge is 0.0991 e. The molecule has 0 amide bonds. The Bertz CT molecular complexity index is 623. The molecule has 0 radical (unpaired) electrons.